The van der Waals surface area contributed by atoms with Crippen LogP contribution in [0.15, 0.2) is 46.0 Å². The van der Waals surface area contributed by atoms with Crippen LogP contribution in [0, 0.1) is 5.92 Å². The van der Waals surface area contributed by atoms with Crippen LogP contribution >= 0.6 is 11.8 Å². The second-order valence-electron chi connectivity index (χ2n) is 8.32. The molecule has 7 nitrogen and oxygen atoms in total. The number of thioether (sulfide) groups is 1. The molecule has 3 rings (SSSR count). The van der Waals surface area contributed by atoms with Crippen molar-refractivity contribution in [2.75, 3.05) is 33.2 Å². The molecule has 4 N–H and O–H groups in total. The van der Waals surface area contributed by atoms with Crippen molar-refractivity contribution in [1.82, 2.24) is 15.5 Å². The van der Waals surface area contributed by atoms with E-state index < -0.39 is 0 Å². The van der Waals surface area contributed by atoms with E-state index >= 15 is 0 Å². The van der Waals surface area contributed by atoms with Gasteiger partial charge in [-0.05, 0) is 45.1 Å². The third-order valence-electron chi connectivity index (χ3n) is 5.73. The quantitative estimate of drug-likeness (QED) is 0.386. The first-order valence-electron chi connectivity index (χ1n) is 11.1. The molecule has 1 aliphatic carbocycles. The van der Waals surface area contributed by atoms with Crippen LogP contribution in [-0.4, -0.2) is 56.1 Å². The molecule has 0 saturated heterocycles. The summed E-state index contributed by atoms with van der Waals surface area (Å²) in [6.07, 6.45) is 9.59. The molecule has 3 aliphatic rings. The summed E-state index contributed by atoms with van der Waals surface area (Å²) in [6, 6.07) is -0.0882. The Bertz CT molecular complexity index is 780. The van der Waals surface area contributed by atoms with E-state index in [2.05, 4.69) is 10.6 Å². The number of nitrogens with two attached hydrogens (primary N) is 1. The smallest absolute Gasteiger partial charge is 0.308 e. The third-order valence-corrected chi connectivity index (χ3v) is 6.75. The van der Waals surface area contributed by atoms with Crippen LogP contribution in [0.25, 0.3) is 0 Å². The molecule has 2 aliphatic heterocycles. The van der Waals surface area contributed by atoms with Crippen LogP contribution in [0.2, 0.25) is 0 Å². The zero-order valence-electron chi connectivity index (χ0n) is 19.1. The van der Waals surface area contributed by atoms with Crippen molar-refractivity contribution in [1.29, 1.82) is 0 Å². The van der Waals surface area contributed by atoms with Gasteiger partial charge in [-0.1, -0.05) is 12.2 Å². The summed E-state index contributed by atoms with van der Waals surface area (Å²) >= 11 is 1.79. The number of allylic oxidation sites excluding steroid dienone is 1. The summed E-state index contributed by atoms with van der Waals surface area (Å²) in [5.41, 5.74) is 9.83. The summed E-state index contributed by atoms with van der Waals surface area (Å²) < 4.78 is 11.4. The maximum atomic E-state index is 12.1. The lowest BCUT2D eigenvalue weighted by Crippen LogP contribution is -2.40. The first kappa shape index (κ1) is 23.6. The van der Waals surface area contributed by atoms with Crippen LogP contribution in [0.1, 0.15) is 39.5 Å². The Balaban J connectivity index is 1.81. The number of hydrogen-bond acceptors (Lipinski definition) is 8. The molecule has 0 amide bonds. The lowest BCUT2D eigenvalue weighted by Gasteiger charge is -2.33. The van der Waals surface area contributed by atoms with Gasteiger partial charge in [0.2, 0.25) is 0 Å². The lowest BCUT2D eigenvalue weighted by molar-refractivity contribution is -0.149. The van der Waals surface area contributed by atoms with Gasteiger partial charge in [0.1, 0.15) is 12.4 Å². The number of carbonyl (C=O) groups is 1. The highest BCUT2D eigenvalue weighted by Gasteiger charge is 2.34. The highest BCUT2D eigenvalue weighted by Crippen LogP contribution is 2.38. The van der Waals surface area contributed by atoms with Crippen molar-refractivity contribution >= 4 is 17.7 Å². The second kappa shape index (κ2) is 11.0. The number of ether oxygens (including phenoxy) is 2. The normalized spacial score (nSPS) is 25.1. The van der Waals surface area contributed by atoms with Gasteiger partial charge in [-0.2, -0.15) is 0 Å². The highest BCUT2D eigenvalue weighted by atomic mass is 32.2. The molecule has 1 fully saturated rings. The molecular formula is C23H36N4O3S. The van der Waals surface area contributed by atoms with Crippen molar-refractivity contribution < 1.29 is 14.3 Å². The van der Waals surface area contributed by atoms with Crippen LogP contribution in [-0.2, 0) is 14.3 Å². The summed E-state index contributed by atoms with van der Waals surface area (Å²) in [4.78, 5) is 15.3. The predicted molar refractivity (Wildman–Crippen MR) is 126 cm³/mol. The first-order valence-corrected chi connectivity index (χ1v) is 12.1. The maximum Gasteiger partial charge on any atom is 0.308 e. The second-order valence-corrected chi connectivity index (χ2v) is 9.30. The Morgan fingerprint density at radius 3 is 2.77 bits per heavy atom. The van der Waals surface area contributed by atoms with Gasteiger partial charge in [-0.15, -0.1) is 11.8 Å². The molecule has 8 heteroatoms. The van der Waals surface area contributed by atoms with Gasteiger partial charge < -0.3 is 30.7 Å². The Morgan fingerprint density at radius 2 is 2.13 bits per heavy atom. The Kier molecular flexibility index (Phi) is 8.37. The van der Waals surface area contributed by atoms with Gasteiger partial charge in [0.15, 0.2) is 0 Å². The third kappa shape index (κ3) is 5.80. The van der Waals surface area contributed by atoms with E-state index in [0.717, 1.165) is 54.3 Å². The van der Waals surface area contributed by atoms with Gasteiger partial charge in [0, 0.05) is 26.3 Å². The molecule has 1 unspecified atom stereocenters. The Morgan fingerprint density at radius 1 is 1.39 bits per heavy atom. The monoisotopic (exact) mass is 448 g/mol. The molecule has 31 heavy (non-hydrogen) atoms. The van der Waals surface area contributed by atoms with E-state index in [4.69, 9.17) is 15.2 Å². The highest BCUT2D eigenvalue weighted by molar-refractivity contribution is 8.03. The first-order chi connectivity index (χ1) is 14.9. The minimum absolute atomic E-state index is 0.0120. The predicted octanol–water partition coefficient (Wildman–Crippen LogP) is 2.79. The molecular weight excluding hydrogens is 412 g/mol. The van der Waals surface area contributed by atoms with E-state index in [1.165, 1.54) is 4.91 Å². The largest absolute Gasteiger partial charge is 0.487 e. The average molecular weight is 449 g/mol. The number of nitrogens with zero attached hydrogens (tertiary/aromatic N) is 1. The van der Waals surface area contributed by atoms with Crippen molar-refractivity contribution in [3.05, 3.63) is 46.0 Å². The molecule has 1 atom stereocenters. The van der Waals surface area contributed by atoms with Gasteiger partial charge >= 0.3 is 5.97 Å². The Hall–Kier alpha value is -2.06. The lowest BCUT2D eigenvalue weighted by atomic mass is 9.86. The zero-order valence-corrected chi connectivity index (χ0v) is 19.9. The van der Waals surface area contributed by atoms with Crippen molar-refractivity contribution in [2.24, 2.45) is 11.7 Å². The molecule has 172 valence electrons. The molecule has 0 bridgehead atoms. The fourth-order valence-corrected chi connectivity index (χ4v) is 5.22. The zero-order chi connectivity index (χ0) is 22.4. The summed E-state index contributed by atoms with van der Waals surface area (Å²) in [5.74, 6) is 1.58. The van der Waals surface area contributed by atoms with Gasteiger partial charge in [-0.25, -0.2) is 0 Å². The number of rotatable bonds is 8. The number of nitrogens with one attached hydrogen (secondary N) is 2. The SMILES string of the molecule is C/C=C\C(=C/N(C)C)C(N)C1=C(NC2CCC(C(=O)OCC)CC2)C2=C(CO1)NCS2. The minimum atomic E-state index is -0.368. The molecule has 0 aromatic rings. The van der Waals surface area contributed by atoms with E-state index in [9.17, 15) is 4.79 Å². The number of carbonyl (C=O) groups excluding carboxylic acids is 1. The Labute approximate surface area is 190 Å². The van der Waals surface area contributed by atoms with Gasteiger partial charge in [-0.3, -0.25) is 4.79 Å². The maximum absolute atomic E-state index is 12.1. The summed E-state index contributed by atoms with van der Waals surface area (Å²) in [7, 11) is 3.98. The van der Waals surface area contributed by atoms with Crippen LogP contribution in [0.5, 0.6) is 0 Å². The fourth-order valence-electron chi connectivity index (χ4n) is 4.22. The van der Waals surface area contributed by atoms with Gasteiger partial charge in [0.05, 0.1) is 40.7 Å². The van der Waals surface area contributed by atoms with Gasteiger partial charge in [0.25, 0.3) is 0 Å². The van der Waals surface area contributed by atoms with E-state index in [1.54, 1.807) is 11.8 Å². The van der Waals surface area contributed by atoms with Crippen molar-refractivity contribution in [2.45, 2.75) is 51.6 Å². The number of esters is 1. The molecule has 1 saturated carbocycles. The standard InChI is InChI=1S/C23H36N4O3S/c1-5-7-16(12-27(3)4)19(24)21-20(22-18(13-30-21)25-14-31-22)26-17-10-8-15(9-11-17)23(28)29-6-2/h5,7,12,15,17,19,25-26H,6,8-11,13-14,24H2,1-4H3/b7-5-,16-12+. The van der Waals surface area contributed by atoms with E-state index in [-0.39, 0.29) is 24.0 Å². The molecule has 2 heterocycles. The van der Waals surface area contributed by atoms with Crippen molar-refractivity contribution in [3.8, 4) is 0 Å². The van der Waals surface area contributed by atoms with Crippen LogP contribution < -0.4 is 16.4 Å². The molecule has 0 spiro atoms. The summed E-state index contributed by atoms with van der Waals surface area (Å²) in [5, 5.41) is 7.15. The van der Waals surface area contributed by atoms with Crippen molar-refractivity contribution in [3.63, 3.8) is 0 Å². The summed E-state index contributed by atoms with van der Waals surface area (Å²) in [6.45, 7) is 4.80. The van der Waals surface area contributed by atoms with E-state index in [1.807, 2.05) is 51.2 Å². The molecule has 0 radical (unpaired) electrons. The minimum Gasteiger partial charge on any atom is -0.487 e. The van der Waals surface area contributed by atoms with E-state index in [0.29, 0.717) is 13.2 Å². The topological polar surface area (TPSA) is 88.9 Å². The molecule has 0 aromatic carbocycles. The van der Waals surface area contributed by atoms with Crippen LogP contribution in [0.4, 0.5) is 0 Å². The number of hydrogen-bond donors (Lipinski definition) is 3. The fraction of sp³-hybridized carbons (Fsp3) is 0.609. The average Bonchev–Trinajstić information content (AvgIpc) is 3.23. The van der Waals surface area contributed by atoms with Crippen LogP contribution in [0.3, 0.4) is 0 Å². The molecule has 0 aromatic heterocycles.